The predicted octanol–water partition coefficient (Wildman–Crippen LogP) is 1.42. The van der Waals surface area contributed by atoms with Gasteiger partial charge in [-0.1, -0.05) is 12.1 Å². The van der Waals surface area contributed by atoms with Crippen molar-refractivity contribution in [2.75, 3.05) is 13.2 Å². The number of nitrogens with zero attached hydrogens (tertiary/aromatic N) is 2. The number of hydrogen-bond acceptors (Lipinski definition) is 4. The number of carbonyl (C=O) groups excluding carboxylic acids is 1. The van der Waals surface area contributed by atoms with E-state index in [9.17, 15) is 15.0 Å². The highest BCUT2D eigenvalue weighted by Gasteiger charge is 2.34. The zero-order valence-corrected chi connectivity index (χ0v) is 12.8. The Morgan fingerprint density at radius 2 is 2.14 bits per heavy atom. The van der Waals surface area contributed by atoms with E-state index in [1.807, 2.05) is 38.1 Å². The van der Waals surface area contributed by atoms with Crippen molar-refractivity contribution in [2.45, 2.75) is 32.4 Å². The molecule has 22 heavy (non-hydrogen) atoms. The molecule has 1 fully saturated rings. The van der Waals surface area contributed by atoms with Gasteiger partial charge in [-0.25, -0.2) is 0 Å². The van der Waals surface area contributed by atoms with E-state index < -0.39 is 6.10 Å². The molecule has 116 valence electrons. The summed E-state index contributed by atoms with van der Waals surface area (Å²) in [6, 6.07) is 7.46. The number of β-amino-alcohol motifs (C(OH)–C–C–N with tert-alkyl or cyclic N) is 1. The third-order valence-corrected chi connectivity index (χ3v) is 4.26. The summed E-state index contributed by atoms with van der Waals surface area (Å²) < 4.78 is 0. The molecule has 0 radical (unpaired) electrons. The van der Waals surface area contributed by atoms with Gasteiger partial charge in [-0.3, -0.25) is 9.78 Å². The molecule has 5 heteroatoms. The lowest BCUT2D eigenvalue weighted by Crippen LogP contribution is -2.38. The van der Waals surface area contributed by atoms with Gasteiger partial charge in [0.25, 0.3) is 5.91 Å². The number of rotatable bonds is 2. The molecule has 0 unspecified atom stereocenters. The van der Waals surface area contributed by atoms with Crippen LogP contribution in [0.25, 0.3) is 10.9 Å². The Hall–Kier alpha value is -1.98. The van der Waals surface area contributed by atoms with Crippen molar-refractivity contribution in [1.82, 2.24) is 9.88 Å². The minimum absolute atomic E-state index is 0.137. The summed E-state index contributed by atoms with van der Waals surface area (Å²) in [4.78, 5) is 18.8. The van der Waals surface area contributed by atoms with Crippen LogP contribution in [0.3, 0.4) is 0 Å². The molecule has 2 heterocycles. The van der Waals surface area contributed by atoms with Gasteiger partial charge in [0, 0.05) is 11.9 Å². The average Bonchev–Trinajstić information content (AvgIpc) is 2.87. The van der Waals surface area contributed by atoms with Crippen molar-refractivity contribution in [1.29, 1.82) is 0 Å². The number of aryl methyl sites for hydroxylation is 2. The smallest absolute Gasteiger partial charge is 0.256 e. The van der Waals surface area contributed by atoms with E-state index in [-0.39, 0.29) is 25.1 Å². The Labute approximate surface area is 129 Å². The van der Waals surface area contributed by atoms with Crippen molar-refractivity contribution < 1.29 is 15.0 Å². The fourth-order valence-electron chi connectivity index (χ4n) is 3.06. The molecule has 0 bridgehead atoms. The molecule has 3 rings (SSSR count). The normalized spacial score (nSPS) is 21.5. The van der Waals surface area contributed by atoms with Crippen LogP contribution >= 0.6 is 0 Å². The summed E-state index contributed by atoms with van der Waals surface area (Å²) in [5.74, 6) is -0.178. The Balaban J connectivity index is 2.00. The number of hydrogen-bond donors (Lipinski definition) is 2. The molecule has 1 aliphatic heterocycles. The number of benzene rings is 1. The van der Waals surface area contributed by atoms with Crippen LogP contribution < -0.4 is 0 Å². The molecule has 5 nitrogen and oxygen atoms in total. The Morgan fingerprint density at radius 1 is 1.36 bits per heavy atom. The Bertz CT molecular complexity index is 729. The lowest BCUT2D eigenvalue weighted by atomic mass is 10.1. The van der Waals surface area contributed by atoms with E-state index in [0.717, 1.165) is 16.5 Å². The number of likely N-dealkylation sites (tertiary alicyclic amines) is 1. The summed E-state index contributed by atoms with van der Waals surface area (Å²) in [6.45, 7) is 3.94. The average molecular weight is 300 g/mol. The fraction of sp³-hybridized carbons (Fsp3) is 0.412. The number of amides is 1. The summed E-state index contributed by atoms with van der Waals surface area (Å²) >= 11 is 0. The zero-order chi connectivity index (χ0) is 15.9. The number of aromatic nitrogens is 1. The molecule has 0 saturated carbocycles. The lowest BCUT2D eigenvalue weighted by Gasteiger charge is -2.23. The largest absolute Gasteiger partial charge is 0.394 e. The quantitative estimate of drug-likeness (QED) is 0.879. The maximum absolute atomic E-state index is 12.8. The maximum Gasteiger partial charge on any atom is 0.256 e. The molecule has 1 aliphatic rings. The van der Waals surface area contributed by atoms with E-state index >= 15 is 0 Å². The van der Waals surface area contributed by atoms with Gasteiger partial charge < -0.3 is 15.1 Å². The highest BCUT2D eigenvalue weighted by Crippen LogP contribution is 2.24. The molecule has 1 aromatic carbocycles. The van der Waals surface area contributed by atoms with E-state index in [0.29, 0.717) is 17.7 Å². The first kappa shape index (κ1) is 14.9. The van der Waals surface area contributed by atoms with Crippen LogP contribution in [0.5, 0.6) is 0 Å². The second-order valence-electron chi connectivity index (χ2n) is 6.00. The molecule has 0 spiro atoms. The molecule has 2 atom stereocenters. The fourth-order valence-corrected chi connectivity index (χ4v) is 3.06. The van der Waals surface area contributed by atoms with Crippen molar-refractivity contribution >= 4 is 16.8 Å². The highest BCUT2D eigenvalue weighted by atomic mass is 16.3. The van der Waals surface area contributed by atoms with E-state index in [1.54, 1.807) is 4.90 Å². The topological polar surface area (TPSA) is 73.7 Å². The van der Waals surface area contributed by atoms with Crippen molar-refractivity contribution in [3.8, 4) is 0 Å². The van der Waals surface area contributed by atoms with Gasteiger partial charge in [-0.15, -0.1) is 0 Å². The number of aliphatic hydroxyl groups is 2. The first-order chi connectivity index (χ1) is 10.5. The standard InChI is InChI=1S/C17H20N2O3/c1-10-3-4-12-6-15(11(2)18-16(12)5-10)17(22)19-8-14(21)7-13(19)9-20/h3-6,13-14,20-21H,7-9H2,1-2H3/t13-,14-/m0/s1. The van der Waals surface area contributed by atoms with Crippen LogP contribution in [-0.2, 0) is 0 Å². The second-order valence-corrected chi connectivity index (χ2v) is 6.00. The highest BCUT2D eigenvalue weighted by molar-refractivity contribution is 5.99. The summed E-state index contributed by atoms with van der Waals surface area (Å²) in [5, 5.41) is 20.1. The first-order valence-corrected chi connectivity index (χ1v) is 7.47. The van der Waals surface area contributed by atoms with Crippen LogP contribution in [0.15, 0.2) is 24.3 Å². The third-order valence-electron chi connectivity index (χ3n) is 4.26. The van der Waals surface area contributed by atoms with Gasteiger partial charge in [-0.2, -0.15) is 0 Å². The molecule has 1 amide bonds. The van der Waals surface area contributed by atoms with E-state index in [2.05, 4.69) is 4.98 Å². The Kier molecular flexibility index (Phi) is 3.85. The molecule has 0 aliphatic carbocycles. The number of carbonyl (C=O) groups is 1. The first-order valence-electron chi connectivity index (χ1n) is 7.47. The van der Waals surface area contributed by atoms with Crippen molar-refractivity contribution in [3.63, 3.8) is 0 Å². The van der Waals surface area contributed by atoms with Crippen LogP contribution in [-0.4, -0.2) is 51.3 Å². The third kappa shape index (κ3) is 2.58. The predicted molar refractivity (Wildman–Crippen MR) is 83.8 cm³/mol. The monoisotopic (exact) mass is 300 g/mol. The summed E-state index contributed by atoms with van der Waals surface area (Å²) in [7, 11) is 0. The van der Waals surface area contributed by atoms with E-state index in [4.69, 9.17) is 0 Å². The van der Waals surface area contributed by atoms with E-state index in [1.165, 1.54) is 0 Å². The minimum Gasteiger partial charge on any atom is -0.394 e. The van der Waals surface area contributed by atoms with Gasteiger partial charge in [0.15, 0.2) is 0 Å². The SMILES string of the molecule is Cc1ccc2cc(C(=O)N3C[C@@H](O)C[C@H]3CO)c(C)nc2c1. The number of fused-ring (bicyclic) bond motifs is 1. The maximum atomic E-state index is 12.8. The molecular formula is C17H20N2O3. The van der Waals surface area contributed by atoms with Crippen LogP contribution in [0, 0.1) is 13.8 Å². The molecule has 2 aromatic rings. The van der Waals surface area contributed by atoms with Crippen LogP contribution in [0.4, 0.5) is 0 Å². The number of aliphatic hydroxyl groups excluding tert-OH is 2. The molecular weight excluding hydrogens is 280 g/mol. The van der Waals surface area contributed by atoms with Crippen molar-refractivity contribution in [2.24, 2.45) is 0 Å². The second kappa shape index (κ2) is 5.66. The lowest BCUT2D eigenvalue weighted by molar-refractivity contribution is 0.0664. The number of pyridine rings is 1. The molecule has 2 N–H and O–H groups in total. The van der Waals surface area contributed by atoms with Crippen molar-refractivity contribution in [3.05, 3.63) is 41.1 Å². The van der Waals surface area contributed by atoms with Gasteiger partial charge in [0.1, 0.15) is 0 Å². The van der Waals surface area contributed by atoms with Gasteiger partial charge >= 0.3 is 0 Å². The summed E-state index contributed by atoms with van der Waals surface area (Å²) in [5.41, 5.74) is 3.20. The minimum atomic E-state index is -0.572. The van der Waals surface area contributed by atoms with Gasteiger partial charge in [0.2, 0.25) is 0 Å². The summed E-state index contributed by atoms with van der Waals surface area (Å²) in [6.07, 6.45) is -0.154. The molecule has 1 saturated heterocycles. The zero-order valence-electron chi connectivity index (χ0n) is 12.8. The van der Waals surface area contributed by atoms with Gasteiger partial charge in [0.05, 0.1) is 35.5 Å². The van der Waals surface area contributed by atoms with Crippen LogP contribution in [0.1, 0.15) is 28.0 Å². The molecule has 1 aromatic heterocycles. The van der Waals surface area contributed by atoms with Gasteiger partial charge in [-0.05, 0) is 38.0 Å². The van der Waals surface area contributed by atoms with Crippen LogP contribution in [0.2, 0.25) is 0 Å². The Morgan fingerprint density at radius 3 is 2.86 bits per heavy atom.